The van der Waals surface area contributed by atoms with Crippen molar-refractivity contribution in [2.45, 2.75) is 30.7 Å². The summed E-state index contributed by atoms with van der Waals surface area (Å²) >= 11 is 2.00. The van der Waals surface area contributed by atoms with Gasteiger partial charge in [-0.3, -0.25) is 0 Å². The molecule has 1 aromatic carbocycles. The van der Waals surface area contributed by atoms with Crippen LogP contribution < -0.4 is 10.6 Å². The molecular formula is C17H22N2O4S. The molecule has 1 aromatic rings. The summed E-state index contributed by atoms with van der Waals surface area (Å²) in [6, 6.07) is 4.88. The van der Waals surface area contributed by atoms with Crippen LogP contribution in [0.15, 0.2) is 29.2 Å². The van der Waals surface area contributed by atoms with E-state index in [1.165, 1.54) is 34.7 Å². The van der Waals surface area contributed by atoms with Gasteiger partial charge < -0.3 is 20.8 Å². The molecule has 2 aliphatic rings. The molecule has 3 rings (SSSR count). The van der Waals surface area contributed by atoms with Crippen molar-refractivity contribution in [3.63, 3.8) is 0 Å². The summed E-state index contributed by atoms with van der Waals surface area (Å²) in [5.74, 6) is -1.27. The first-order chi connectivity index (χ1) is 11.4. The molecule has 0 aliphatic carbocycles. The fraction of sp³-hybridized carbons (Fsp3) is 0.412. The van der Waals surface area contributed by atoms with Gasteiger partial charge in [0.05, 0.1) is 0 Å². The summed E-state index contributed by atoms with van der Waals surface area (Å²) in [7, 11) is 0. The van der Waals surface area contributed by atoms with E-state index in [0.717, 1.165) is 13.1 Å². The molecule has 0 radical (unpaired) electrons. The molecule has 0 saturated carbocycles. The van der Waals surface area contributed by atoms with Gasteiger partial charge in [0.1, 0.15) is 0 Å². The van der Waals surface area contributed by atoms with Gasteiger partial charge >= 0.3 is 11.9 Å². The molecule has 0 spiro atoms. The summed E-state index contributed by atoms with van der Waals surface area (Å²) in [6.07, 6.45) is 3.54. The van der Waals surface area contributed by atoms with E-state index >= 15 is 0 Å². The number of thioether (sulfide) groups is 1. The number of nitrogens with two attached hydrogens (primary N) is 1. The maximum atomic E-state index is 9.55. The topological polar surface area (TPSA) is 104 Å². The average Bonchev–Trinajstić information content (AvgIpc) is 3.11. The molecule has 7 heteroatoms. The molecule has 0 bridgehead atoms. The molecule has 0 aromatic heterocycles. The largest absolute Gasteiger partial charge is 0.478 e. The van der Waals surface area contributed by atoms with Gasteiger partial charge in [0.2, 0.25) is 0 Å². The summed E-state index contributed by atoms with van der Waals surface area (Å²) in [5.41, 5.74) is 10.6. The van der Waals surface area contributed by atoms with Gasteiger partial charge in [-0.25, -0.2) is 9.59 Å². The zero-order valence-corrected chi connectivity index (χ0v) is 14.4. The molecule has 0 amide bonds. The Hall–Kier alpha value is -1.99. The van der Waals surface area contributed by atoms with Gasteiger partial charge in [-0.1, -0.05) is 6.07 Å². The van der Waals surface area contributed by atoms with E-state index in [1.54, 1.807) is 5.56 Å². The standard InChI is InChI=1S/C13H18N2S.C4H4O4/c1-9(14)8-15-6-4-10-2-3-12-11(13(10)15)5-7-16-12;5-3(6)1-2-4(7)8/h2-3,9H,4-8,14H2,1H3;1-2H,(H,5,6)(H,7,8)/t9-;/m0./s1. The molecule has 130 valence electrons. The third-order valence-electron chi connectivity index (χ3n) is 3.78. The highest BCUT2D eigenvalue weighted by molar-refractivity contribution is 7.99. The van der Waals surface area contributed by atoms with E-state index in [0.29, 0.717) is 12.2 Å². The lowest BCUT2D eigenvalue weighted by molar-refractivity contribution is -0.134. The molecule has 6 nitrogen and oxygen atoms in total. The van der Waals surface area contributed by atoms with Gasteiger partial charge in [0.25, 0.3) is 0 Å². The van der Waals surface area contributed by atoms with Crippen LogP contribution in [0.25, 0.3) is 0 Å². The predicted octanol–water partition coefficient (Wildman–Crippen LogP) is 1.76. The Morgan fingerprint density at radius 3 is 2.54 bits per heavy atom. The Bertz CT molecular complexity index is 642. The van der Waals surface area contributed by atoms with Crippen molar-refractivity contribution in [2.24, 2.45) is 5.73 Å². The molecule has 0 unspecified atom stereocenters. The predicted molar refractivity (Wildman–Crippen MR) is 94.8 cm³/mol. The zero-order valence-electron chi connectivity index (χ0n) is 13.6. The Balaban J connectivity index is 0.000000224. The summed E-state index contributed by atoms with van der Waals surface area (Å²) in [4.78, 5) is 23.1. The van der Waals surface area contributed by atoms with Crippen LogP contribution in [0.5, 0.6) is 0 Å². The van der Waals surface area contributed by atoms with Crippen molar-refractivity contribution >= 4 is 29.4 Å². The average molecular weight is 350 g/mol. The molecule has 2 heterocycles. The summed E-state index contributed by atoms with van der Waals surface area (Å²) in [6.45, 7) is 4.24. The Labute approximate surface area is 145 Å². The van der Waals surface area contributed by atoms with Crippen molar-refractivity contribution in [1.82, 2.24) is 0 Å². The van der Waals surface area contributed by atoms with E-state index in [1.807, 2.05) is 11.8 Å². The molecule has 1 atom stereocenters. The SMILES string of the molecule is C[C@H](N)CN1CCc2ccc3c(c21)CCS3.O=C(O)C=CC(=O)O. The molecule has 0 fully saturated rings. The number of carboxylic acids is 2. The fourth-order valence-corrected chi connectivity index (χ4v) is 4.01. The fourth-order valence-electron chi connectivity index (χ4n) is 2.94. The van der Waals surface area contributed by atoms with Crippen LogP contribution in [0, 0.1) is 0 Å². The summed E-state index contributed by atoms with van der Waals surface area (Å²) < 4.78 is 0. The minimum absolute atomic E-state index is 0.260. The number of anilines is 1. The molecule has 0 saturated heterocycles. The minimum Gasteiger partial charge on any atom is -0.478 e. The number of hydrogen-bond acceptors (Lipinski definition) is 5. The lowest BCUT2D eigenvalue weighted by Crippen LogP contribution is -2.34. The quantitative estimate of drug-likeness (QED) is 0.711. The number of fused-ring (bicyclic) bond motifs is 3. The van der Waals surface area contributed by atoms with Gasteiger partial charge in [-0.2, -0.15) is 0 Å². The second-order valence-electron chi connectivity index (χ2n) is 5.83. The van der Waals surface area contributed by atoms with Crippen LogP contribution in [0.2, 0.25) is 0 Å². The second kappa shape index (κ2) is 8.21. The molecule has 24 heavy (non-hydrogen) atoms. The van der Waals surface area contributed by atoms with E-state index in [2.05, 4.69) is 24.0 Å². The van der Waals surface area contributed by atoms with E-state index in [4.69, 9.17) is 15.9 Å². The van der Waals surface area contributed by atoms with Crippen molar-refractivity contribution in [3.8, 4) is 0 Å². The number of nitrogens with zero attached hydrogens (tertiary/aromatic N) is 1. The van der Waals surface area contributed by atoms with Gasteiger partial charge in [-0.15, -0.1) is 11.8 Å². The van der Waals surface area contributed by atoms with Crippen molar-refractivity contribution in [1.29, 1.82) is 0 Å². The van der Waals surface area contributed by atoms with Crippen LogP contribution in [0.3, 0.4) is 0 Å². The van der Waals surface area contributed by atoms with Gasteiger partial charge in [0, 0.05) is 47.6 Å². The first-order valence-electron chi connectivity index (χ1n) is 7.80. The van der Waals surface area contributed by atoms with Gasteiger partial charge in [-0.05, 0) is 37.0 Å². The van der Waals surface area contributed by atoms with E-state index < -0.39 is 11.9 Å². The molecule has 2 aliphatic heterocycles. The normalized spacial score (nSPS) is 16.3. The number of hydrogen-bond donors (Lipinski definition) is 3. The third-order valence-corrected chi connectivity index (χ3v) is 4.88. The van der Waals surface area contributed by atoms with Crippen molar-refractivity contribution in [2.75, 3.05) is 23.7 Å². The van der Waals surface area contributed by atoms with Crippen molar-refractivity contribution < 1.29 is 19.8 Å². The molecule has 4 N–H and O–H groups in total. The highest BCUT2D eigenvalue weighted by Crippen LogP contribution is 2.42. The lowest BCUT2D eigenvalue weighted by Gasteiger charge is -2.23. The number of aliphatic carboxylic acids is 2. The Kier molecular flexibility index (Phi) is 6.28. The Morgan fingerprint density at radius 1 is 1.29 bits per heavy atom. The maximum absolute atomic E-state index is 9.55. The van der Waals surface area contributed by atoms with Crippen LogP contribution in [0.1, 0.15) is 18.1 Å². The highest BCUT2D eigenvalue weighted by Gasteiger charge is 2.26. The van der Waals surface area contributed by atoms with E-state index in [-0.39, 0.29) is 6.04 Å². The van der Waals surface area contributed by atoms with Gasteiger partial charge in [0.15, 0.2) is 0 Å². The number of carboxylic acid groups (broad SMARTS) is 2. The van der Waals surface area contributed by atoms with Crippen molar-refractivity contribution in [3.05, 3.63) is 35.4 Å². The lowest BCUT2D eigenvalue weighted by atomic mass is 10.1. The van der Waals surface area contributed by atoms with Crippen LogP contribution in [-0.4, -0.2) is 47.0 Å². The number of benzene rings is 1. The maximum Gasteiger partial charge on any atom is 0.328 e. The summed E-state index contributed by atoms with van der Waals surface area (Å²) in [5, 5.41) is 15.6. The molecular weight excluding hydrogens is 328 g/mol. The highest BCUT2D eigenvalue weighted by atomic mass is 32.2. The monoisotopic (exact) mass is 350 g/mol. The van der Waals surface area contributed by atoms with E-state index in [9.17, 15) is 9.59 Å². The second-order valence-corrected chi connectivity index (χ2v) is 6.97. The smallest absolute Gasteiger partial charge is 0.328 e. The first-order valence-corrected chi connectivity index (χ1v) is 8.79. The minimum atomic E-state index is -1.26. The third kappa shape index (κ3) is 4.75. The number of rotatable bonds is 4. The first kappa shape index (κ1) is 18.4. The van der Waals surface area contributed by atoms with Crippen LogP contribution in [0.4, 0.5) is 5.69 Å². The van der Waals surface area contributed by atoms with Crippen LogP contribution >= 0.6 is 11.8 Å². The van der Waals surface area contributed by atoms with Crippen LogP contribution in [-0.2, 0) is 22.4 Å². The Morgan fingerprint density at radius 2 is 1.96 bits per heavy atom. The number of carbonyl (C=O) groups is 2. The zero-order chi connectivity index (χ0) is 17.7.